The molecule has 0 aromatic heterocycles. The van der Waals surface area contributed by atoms with Crippen LogP contribution in [0.4, 0.5) is 0 Å². The van der Waals surface area contributed by atoms with Gasteiger partial charge in [-0.1, -0.05) is 6.07 Å². The van der Waals surface area contributed by atoms with Gasteiger partial charge in [0.15, 0.2) is 23.7 Å². The first-order valence-electron chi connectivity index (χ1n) is 12.4. The van der Waals surface area contributed by atoms with E-state index in [1.54, 1.807) is 13.2 Å². The van der Waals surface area contributed by atoms with Crippen LogP contribution in [-0.4, -0.2) is 83.6 Å². The Kier molecular flexibility index (Phi) is 7.43. The molecule has 1 aromatic rings. The van der Waals surface area contributed by atoms with E-state index in [9.17, 15) is 19.5 Å². The topological polar surface area (TPSA) is 158 Å². The fourth-order valence-electron chi connectivity index (χ4n) is 6.49. The second-order valence-corrected chi connectivity index (χ2v) is 10.3. The van der Waals surface area contributed by atoms with Gasteiger partial charge in [-0.3, -0.25) is 9.59 Å². The molecule has 4 aliphatic rings. The fourth-order valence-corrected chi connectivity index (χ4v) is 6.49. The zero-order chi connectivity index (χ0) is 26.7. The van der Waals surface area contributed by atoms with E-state index in [-0.39, 0.29) is 43.5 Å². The molecule has 6 atom stereocenters. The van der Waals surface area contributed by atoms with Gasteiger partial charge in [0, 0.05) is 24.4 Å². The molecule has 1 aromatic carbocycles. The van der Waals surface area contributed by atoms with Gasteiger partial charge in [-0.25, -0.2) is 4.79 Å². The van der Waals surface area contributed by atoms with Crippen molar-refractivity contribution >= 4 is 30.3 Å². The molecule has 38 heavy (non-hydrogen) atoms. The number of methoxy groups -OCH3 is 1. The van der Waals surface area contributed by atoms with Crippen molar-refractivity contribution in [2.75, 3.05) is 20.7 Å². The Balaban J connectivity index is 0.00000336. The van der Waals surface area contributed by atoms with Gasteiger partial charge in [-0.05, 0) is 57.5 Å². The highest BCUT2D eigenvalue weighted by Crippen LogP contribution is 2.65. The van der Waals surface area contributed by atoms with Gasteiger partial charge in [-0.15, -0.1) is 12.4 Å². The number of carboxylic acid groups (broad SMARTS) is 1. The van der Waals surface area contributed by atoms with Gasteiger partial charge in [0.05, 0.1) is 18.1 Å². The highest BCUT2D eigenvalue weighted by Gasteiger charge is 2.72. The van der Waals surface area contributed by atoms with Crippen molar-refractivity contribution in [1.82, 2.24) is 4.90 Å². The number of nitrogens with zero attached hydrogens (tertiary/aromatic N) is 1. The summed E-state index contributed by atoms with van der Waals surface area (Å²) < 4.78 is 22.9. The zero-order valence-electron chi connectivity index (χ0n) is 21.5. The molecule has 1 spiro atoms. The summed E-state index contributed by atoms with van der Waals surface area (Å²) in [5.74, 6) is -1.44. The number of likely N-dealkylation sites (N-methyl/N-ethyl adjacent to an activating group) is 1. The molecule has 0 unspecified atom stereocenters. The smallest absolute Gasteiger partial charge is 0.352 e. The van der Waals surface area contributed by atoms with Crippen LogP contribution in [0.1, 0.15) is 43.7 Å². The van der Waals surface area contributed by atoms with Crippen molar-refractivity contribution < 1.29 is 43.5 Å². The SMILES string of the molecule is COc1ccc2c3c1O[C@H]1C(OC(=O)[C@H](C)OC(=O)[C@@H](N)CCC(=O)O)=CC[C@@]4(O)[C@H](C2)N(C)CC[C@]314.Cl. The van der Waals surface area contributed by atoms with Crippen LogP contribution in [0.15, 0.2) is 24.0 Å². The number of carboxylic acids is 1. The second kappa shape index (κ2) is 10.0. The molecule has 0 saturated carbocycles. The Hall–Kier alpha value is -2.86. The molecule has 11 nitrogen and oxygen atoms in total. The summed E-state index contributed by atoms with van der Waals surface area (Å²) in [6, 6.07) is 2.55. The number of likely N-dealkylation sites (tertiary alicyclic amines) is 1. The normalized spacial score (nSPS) is 30.0. The van der Waals surface area contributed by atoms with Gasteiger partial charge in [0.25, 0.3) is 0 Å². The summed E-state index contributed by atoms with van der Waals surface area (Å²) in [5.41, 5.74) is 5.71. The van der Waals surface area contributed by atoms with Gasteiger partial charge >= 0.3 is 17.9 Å². The molecule has 5 rings (SSSR count). The number of rotatable bonds is 8. The van der Waals surface area contributed by atoms with E-state index in [4.69, 9.17) is 29.8 Å². The first kappa shape index (κ1) is 28.2. The van der Waals surface area contributed by atoms with Gasteiger partial charge in [0.2, 0.25) is 0 Å². The Morgan fingerprint density at radius 1 is 1.29 bits per heavy atom. The monoisotopic (exact) mass is 552 g/mol. The van der Waals surface area contributed by atoms with E-state index >= 15 is 0 Å². The van der Waals surface area contributed by atoms with Crippen LogP contribution in [-0.2, 0) is 35.7 Å². The number of esters is 2. The van der Waals surface area contributed by atoms with E-state index in [0.29, 0.717) is 24.3 Å². The van der Waals surface area contributed by atoms with Crippen LogP contribution in [0.25, 0.3) is 0 Å². The average molecular weight is 553 g/mol. The number of carbonyl (C=O) groups is 3. The number of benzene rings is 1. The minimum atomic E-state index is -1.28. The molecule has 4 N–H and O–H groups in total. The van der Waals surface area contributed by atoms with Gasteiger partial charge in [0.1, 0.15) is 11.8 Å². The molecule has 2 aliphatic carbocycles. The van der Waals surface area contributed by atoms with Crippen LogP contribution < -0.4 is 15.2 Å². The summed E-state index contributed by atoms with van der Waals surface area (Å²) in [7, 11) is 3.56. The van der Waals surface area contributed by atoms with Crippen LogP contribution >= 0.6 is 12.4 Å². The summed E-state index contributed by atoms with van der Waals surface area (Å²) in [6.45, 7) is 2.09. The highest BCUT2D eigenvalue weighted by atomic mass is 35.5. The number of carbonyl (C=O) groups excluding carboxylic acids is 2. The van der Waals surface area contributed by atoms with Crippen molar-refractivity contribution in [2.24, 2.45) is 5.73 Å². The largest absolute Gasteiger partial charge is 0.493 e. The minimum Gasteiger partial charge on any atom is -0.493 e. The molecule has 12 heteroatoms. The third-order valence-electron chi connectivity index (χ3n) is 8.37. The number of halogens is 1. The average Bonchev–Trinajstić information content (AvgIpc) is 3.21. The van der Waals surface area contributed by atoms with Crippen LogP contribution in [0, 0.1) is 0 Å². The maximum absolute atomic E-state index is 13.0. The van der Waals surface area contributed by atoms with E-state index in [1.807, 2.05) is 19.2 Å². The van der Waals surface area contributed by atoms with E-state index in [0.717, 1.165) is 17.7 Å². The first-order chi connectivity index (χ1) is 17.5. The number of aliphatic hydroxyl groups is 1. The number of nitrogens with two attached hydrogens (primary N) is 1. The molecule has 2 aliphatic heterocycles. The van der Waals surface area contributed by atoms with Gasteiger partial charge in [-0.2, -0.15) is 0 Å². The summed E-state index contributed by atoms with van der Waals surface area (Å²) in [6.07, 6.45) is 0.731. The van der Waals surface area contributed by atoms with E-state index < -0.39 is 47.2 Å². The standard InChI is InChI=1S/C26H32N2O9.ClH/c1-13(35-24(32)15(27)5-7-19(29)30)23(31)36-17-8-9-26(33)18-12-14-4-6-16(34-3)21-20(14)25(26,22(17)37-21)10-11-28(18)2;/h4,6,8,13,15,18,22,33H,5,7,9-12,27H2,1-3H3,(H,29,30);1H/t13-,15-,18-,22-,25-,26+;/m0./s1. The lowest BCUT2D eigenvalue weighted by Crippen LogP contribution is -2.74. The fraction of sp³-hybridized carbons (Fsp3) is 0.577. The first-order valence-corrected chi connectivity index (χ1v) is 12.4. The molecule has 0 amide bonds. The molecule has 0 radical (unpaired) electrons. The van der Waals surface area contributed by atoms with Gasteiger partial charge < -0.3 is 39.8 Å². The summed E-state index contributed by atoms with van der Waals surface area (Å²) in [4.78, 5) is 38.1. The Bertz CT molecular complexity index is 1190. The molecule has 1 saturated heterocycles. The lowest BCUT2D eigenvalue weighted by Gasteiger charge is -2.61. The predicted octanol–water partition coefficient (Wildman–Crippen LogP) is 1.06. The zero-order valence-corrected chi connectivity index (χ0v) is 22.3. The quantitative estimate of drug-likeness (QED) is 0.396. The number of hydrogen-bond donors (Lipinski definition) is 3. The maximum Gasteiger partial charge on any atom is 0.352 e. The summed E-state index contributed by atoms with van der Waals surface area (Å²) in [5, 5.41) is 21.0. The van der Waals surface area contributed by atoms with E-state index in [1.165, 1.54) is 6.92 Å². The molecular formula is C26H33ClN2O9. The van der Waals surface area contributed by atoms with Crippen molar-refractivity contribution in [1.29, 1.82) is 0 Å². The van der Waals surface area contributed by atoms with Crippen molar-refractivity contribution in [3.05, 3.63) is 35.1 Å². The molecule has 208 valence electrons. The van der Waals surface area contributed by atoms with Crippen molar-refractivity contribution in [3.63, 3.8) is 0 Å². The molecule has 1 fully saturated rings. The number of ether oxygens (including phenoxy) is 4. The maximum atomic E-state index is 13.0. The Labute approximate surface area is 226 Å². The van der Waals surface area contributed by atoms with Crippen LogP contribution in [0.3, 0.4) is 0 Å². The lowest BCUT2D eigenvalue weighted by atomic mass is 9.50. The predicted molar refractivity (Wildman–Crippen MR) is 135 cm³/mol. The number of aliphatic carboxylic acids is 1. The highest BCUT2D eigenvalue weighted by molar-refractivity contribution is 5.85. The number of hydrogen-bond acceptors (Lipinski definition) is 10. The van der Waals surface area contributed by atoms with Crippen molar-refractivity contribution in [3.8, 4) is 11.5 Å². The van der Waals surface area contributed by atoms with E-state index in [2.05, 4.69) is 4.90 Å². The lowest BCUT2D eigenvalue weighted by molar-refractivity contribution is -0.175. The molecule has 2 heterocycles. The number of piperidine rings is 1. The molecule has 2 bridgehead atoms. The van der Waals surface area contributed by atoms with Crippen LogP contribution in [0.2, 0.25) is 0 Å². The Morgan fingerprint density at radius 3 is 2.71 bits per heavy atom. The minimum absolute atomic E-state index is 0. The third kappa shape index (κ3) is 4.03. The van der Waals surface area contributed by atoms with Crippen LogP contribution in [0.5, 0.6) is 11.5 Å². The van der Waals surface area contributed by atoms with Crippen molar-refractivity contribution in [2.45, 2.75) is 74.3 Å². The summed E-state index contributed by atoms with van der Waals surface area (Å²) >= 11 is 0. The molecular weight excluding hydrogens is 520 g/mol. The second-order valence-electron chi connectivity index (χ2n) is 10.3. The Morgan fingerprint density at radius 2 is 2.03 bits per heavy atom. The third-order valence-corrected chi connectivity index (χ3v) is 8.37.